The predicted octanol–water partition coefficient (Wildman–Crippen LogP) is 2.14. The fraction of sp³-hybridized carbons (Fsp3) is 0.542. The molecule has 0 radical (unpaired) electrons. The Morgan fingerprint density at radius 2 is 1.94 bits per heavy atom. The molecule has 8 heteroatoms. The number of rotatable bonds is 8. The van der Waals surface area contributed by atoms with Crippen molar-refractivity contribution in [3.05, 3.63) is 47.9 Å². The Hall–Kier alpha value is -2.87. The number of hydrogen-bond acceptors (Lipinski definition) is 6. The maximum Gasteiger partial charge on any atom is 0.222 e. The van der Waals surface area contributed by atoms with Gasteiger partial charge < -0.3 is 25.2 Å². The average Bonchev–Trinajstić information content (AvgIpc) is 3.27. The first-order valence-corrected chi connectivity index (χ1v) is 11.5. The quantitative estimate of drug-likeness (QED) is 0.651. The van der Waals surface area contributed by atoms with Crippen LogP contribution < -0.4 is 15.8 Å². The van der Waals surface area contributed by atoms with Gasteiger partial charge in [0.05, 0.1) is 5.69 Å². The lowest BCUT2D eigenvalue weighted by atomic mass is 9.80. The minimum absolute atomic E-state index is 0.0992. The first-order valence-electron chi connectivity index (χ1n) is 11.5. The maximum atomic E-state index is 12.9. The Balaban J connectivity index is 1.28. The van der Waals surface area contributed by atoms with Crippen LogP contribution in [0.15, 0.2) is 40.9 Å². The van der Waals surface area contributed by atoms with Gasteiger partial charge in [-0.2, -0.15) is 0 Å². The zero-order valence-electron chi connectivity index (χ0n) is 18.4. The average molecular weight is 441 g/mol. The summed E-state index contributed by atoms with van der Waals surface area (Å²) in [5.74, 6) is 1.94. The van der Waals surface area contributed by atoms with Crippen LogP contribution in [-0.4, -0.2) is 48.0 Å². The molecule has 2 aliphatic rings. The van der Waals surface area contributed by atoms with Crippen LogP contribution in [0.25, 0.3) is 0 Å². The molecule has 0 saturated carbocycles. The second kappa shape index (κ2) is 10.6. The molecule has 2 amide bonds. The highest BCUT2D eigenvalue weighted by atomic mass is 16.5. The van der Waals surface area contributed by atoms with Crippen molar-refractivity contribution in [2.75, 3.05) is 26.2 Å². The van der Waals surface area contributed by atoms with E-state index in [9.17, 15) is 9.59 Å². The minimum Gasteiger partial charge on any atom is -0.486 e. The lowest BCUT2D eigenvalue weighted by Gasteiger charge is -2.35. The van der Waals surface area contributed by atoms with E-state index < -0.39 is 0 Å². The lowest BCUT2D eigenvalue weighted by molar-refractivity contribution is -0.136. The smallest absolute Gasteiger partial charge is 0.222 e. The second-order valence-electron chi connectivity index (χ2n) is 8.86. The predicted molar refractivity (Wildman–Crippen MR) is 119 cm³/mol. The van der Waals surface area contributed by atoms with Gasteiger partial charge in [-0.25, -0.2) is 0 Å². The second-order valence-corrected chi connectivity index (χ2v) is 8.86. The van der Waals surface area contributed by atoms with E-state index in [-0.39, 0.29) is 17.7 Å². The van der Waals surface area contributed by atoms with Gasteiger partial charge in [-0.15, -0.1) is 0 Å². The fourth-order valence-electron chi connectivity index (χ4n) is 4.71. The number of amides is 2. The number of nitrogens with zero attached hydrogens (tertiary/aromatic N) is 2. The van der Waals surface area contributed by atoms with Crippen LogP contribution in [0.2, 0.25) is 0 Å². The third kappa shape index (κ3) is 5.88. The van der Waals surface area contributed by atoms with E-state index in [4.69, 9.17) is 15.0 Å². The molecular weight excluding hydrogens is 408 g/mol. The summed E-state index contributed by atoms with van der Waals surface area (Å²) in [5, 5.41) is 7.68. The van der Waals surface area contributed by atoms with Crippen LogP contribution in [0.1, 0.15) is 37.1 Å². The maximum absolute atomic E-state index is 12.9. The molecule has 1 aromatic carbocycles. The standard InChI is InChI=1S/C24H32N4O4/c25-24(30)17-7-10-28(11-8-17)23(29)13-18-6-9-26-15-19(18)12-20-14-22(32-27-20)16-31-21-4-2-1-3-5-21/h1-5,14,17-19,26H,6-13,15-16H2,(H2,25,30). The number of benzene rings is 1. The van der Waals surface area contributed by atoms with E-state index >= 15 is 0 Å². The normalized spacial score (nSPS) is 21.9. The summed E-state index contributed by atoms with van der Waals surface area (Å²) in [7, 11) is 0. The molecule has 8 nitrogen and oxygen atoms in total. The number of para-hydroxylation sites is 1. The highest BCUT2D eigenvalue weighted by Crippen LogP contribution is 2.28. The number of piperidine rings is 2. The number of carbonyl (C=O) groups excluding carboxylic acids is 2. The largest absolute Gasteiger partial charge is 0.486 e. The summed E-state index contributed by atoms with van der Waals surface area (Å²) in [4.78, 5) is 26.2. The van der Waals surface area contributed by atoms with Gasteiger partial charge in [-0.3, -0.25) is 9.59 Å². The molecule has 2 saturated heterocycles. The number of primary amides is 1. The summed E-state index contributed by atoms with van der Waals surface area (Å²) in [6, 6.07) is 11.6. The number of nitrogens with one attached hydrogen (secondary N) is 1. The van der Waals surface area contributed by atoms with Crippen LogP contribution in [0.5, 0.6) is 5.75 Å². The third-order valence-electron chi connectivity index (χ3n) is 6.66. The van der Waals surface area contributed by atoms with E-state index in [0.717, 1.165) is 37.4 Å². The molecule has 4 rings (SSSR count). The molecule has 2 unspecified atom stereocenters. The highest BCUT2D eigenvalue weighted by molar-refractivity contribution is 5.79. The van der Waals surface area contributed by atoms with Crippen molar-refractivity contribution < 1.29 is 18.8 Å². The molecule has 1 aromatic heterocycles. The van der Waals surface area contributed by atoms with Crippen molar-refractivity contribution >= 4 is 11.8 Å². The van der Waals surface area contributed by atoms with Crippen LogP contribution in [0.3, 0.4) is 0 Å². The molecular formula is C24H32N4O4. The topological polar surface area (TPSA) is 111 Å². The number of carbonyl (C=O) groups is 2. The van der Waals surface area contributed by atoms with Gasteiger partial charge in [0.15, 0.2) is 5.76 Å². The molecule has 2 fully saturated rings. The summed E-state index contributed by atoms with van der Waals surface area (Å²) >= 11 is 0. The summed E-state index contributed by atoms with van der Waals surface area (Å²) in [6.45, 7) is 3.37. The van der Waals surface area contributed by atoms with E-state index in [1.165, 1.54) is 0 Å². The SMILES string of the molecule is NC(=O)C1CCN(C(=O)CC2CCNCC2Cc2cc(COc3ccccc3)on2)CC1. The van der Waals surface area contributed by atoms with Gasteiger partial charge in [0.25, 0.3) is 0 Å². The van der Waals surface area contributed by atoms with E-state index in [1.54, 1.807) is 0 Å². The highest BCUT2D eigenvalue weighted by Gasteiger charge is 2.31. The van der Waals surface area contributed by atoms with Crippen molar-refractivity contribution in [3.63, 3.8) is 0 Å². The Morgan fingerprint density at radius 1 is 1.16 bits per heavy atom. The van der Waals surface area contributed by atoms with Crippen LogP contribution >= 0.6 is 0 Å². The number of hydrogen-bond donors (Lipinski definition) is 2. The molecule has 0 spiro atoms. The Bertz CT molecular complexity index is 892. The zero-order valence-corrected chi connectivity index (χ0v) is 18.4. The molecule has 2 atom stereocenters. The van der Waals surface area contributed by atoms with Crippen molar-refractivity contribution in [1.29, 1.82) is 0 Å². The summed E-state index contributed by atoms with van der Waals surface area (Å²) < 4.78 is 11.2. The van der Waals surface area contributed by atoms with Gasteiger partial charge >= 0.3 is 0 Å². The van der Waals surface area contributed by atoms with Crippen LogP contribution in [0.4, 0.5) is 0 Å². The number of nitrogens with two attached hydrogens (primary N) is 1. The summed E-state index contributed by atoms with van der Waals surface area (Å²) in [5.41, 5.74) is 6.30. The van der Waals surface area contributed by atoms with Gasteiger partial charge in [-0.05, 0) is 62.7 Å². The molecule has 172 valence electrons. The molecule has 3 heterocycles. The summed E-state index contributed by atoms with van der Waals surface area (Å²) in [6.07, 6.45) is 3.61. The molecule has 0 aliphatic carbocycles. The van der Waals surface area contributed by atoms with Gasteiger partial charge in [0.1, 0.15) is 12.4 Å². The fourth-order valence-corrected chi connectivity index (χ4v) is 4.71. The number of aromatic nitrogens is 1. The van der Waals surface area contributed by atoms with Crippen LogP contribution in [-0.2, 0) is 22.6 Å². The van der Waals surface area contributed by atoms with Crippen molar-refractivity contribution in [1.82, 2.24) is 15.4 Å². The van der Waals surface area contributed by atoms with Crippen molar-refractivity contribution in [2.45, 2.75) is 38.7 Å². The third-order valence-corrected chi connectivity index (χ3v) is 6.66. The van der Waals surface area contributed by atoms with E-state index in [1.807, 2.05) is 41.3 Å². The van der Waals surface area contributed by atoms with Crippen molar-refractivity contribution in [2.24, 2.45) is 23.5 Å². The molecule has 0 bridgehead atoms. The van der Waals surface area contributed by atoms with Crippen molar-refractivity contribution in [3.8, 4) is 5.75 Å². The molecule has 32 heavy (non-hydrogen) atoms. The first kappa shape index (κ1) is 22.3. The van der Waals surface area contributed by atoms with Crippen LogP contribution in [0, 0.1) is 17.8 Å². The first-order chi connectivity index (χ1) is 15.6. The van der Waals surface area contributed by atoms with E-state index in [0.29, 0.717) is 56.6 Å². The van der Waals surface area contributed by atoms with Gasteiger partial charge in [0, 0.05) is 31.5 Å². The zero-order chi connectivity index (χ0) is 22.3. The van der Waals surface area contributed by atoms with Gasteiger partial charge in [-0.1, -0.05) is 23.4 Å². The Morgan fingerprint density at radius 3 is 2.69 bits per heavy atom. The number of likely N-dealkylation sites (tertiary alicyclic amines) is 1. The monoisotopic (exact) mass is 440 g/mol. The van der Waals surface area contributed by atoms with E-state index in [2.05, 4.69) is 10.5 Å². The Labute approximate surface area is 188 Å². The molecule has 2 aliphatic heterocycles. The molecule has 2 aromatic rings. The number of ether oxygens (including phenoxy) is 1. The van der Waals surface area contributed by atoms with Gasteiger partial charge in [0.2, 0.25) is 11.8 Å². The lowest BCUT2D eigenvalue weighted by Crippen LogP contribution is -2.44. The minimum atomic E-state index is -0.253. The molecule has 3 N–H and O–H groups in total. The Kier molecular flexibility index (Phi) is 7.42.